The van der Waals surface area contributed by atoms with E-state index in [9.17, 15) is 19.1 Å². The molecule has 7 nitrogen and oxygen atoms in total. The maximum absolute atomic E-state index is 15.5. The van der Waals surface area contributed by atoms with E-state index in [4.69, 9.17) is 5.73 Å². The number of carbonyl (C=O) groups is 1. The number of hydrogen-bond acceptors (Lipinski definition) is 5. The van der Waals surface area contributed by atoms with Crippen molar-refractivity contribution in [2.24, 2.45) is 0 Å². The fourth-order valence-corrected chi connectivity index (χ4v) is 4.18. The van der Waals surface area contributed by atoms with Crippen LogP contribution in [0.25, 0.3) is 10.9 Å². The number of fused-ring (bicyclic) bond motifs is 1. The van der Waals surface area contributed by atoms with Gasteiger partial charge in [0.1, 0.15) is 17.1 Å². The monoisotopic (exact) mass is 442 g/mol. The first kappa shape index (κ1) is 21.8. The van der Waals surface area contributed by atoms with Gasteiger partial charge in [0.25, 0.3) is 0 Å². The maximum Gasteiger partial charge on any atom is 0.341 e. The predicted octanol–water partition coefficient (Wildman–Crippen LogP) is 2.90. The number of aryl methyl sites for hydroxylation is 1. The van der Waals surface area contributed by atoms with Crippen molar-refractivity contribution in [2.75, 3.05) is 36.8 Å². The van der Waals surface area contributed by atoms with Gasteiger partial charge < -0.3 is 20.3 Å². The van der Waals surface area contributed by atoms with Crippen LogP contribution in [-0.2, 0) is 13.1 Å². The first-order valence-electron chi connectivity index (χ1n) is 10.4. The first-order chi connectivity index (χ1) is 15.3. The van der Waals surface area contributed by atoms with Crippen molar-refractivity contribution in [1.82, 2.24) is 9.47 Å². The summed E-state index contributed by atoms with van der Waals surface area (Å²) in [6.07, 6.45) is 1.11. The lowest BCUT2D eigenvalue weighted by Gasteiger charge is -2.36. The smallest absolute Gasteiger partial charge is 0.341 e. The molecule has 1 aliphatic rings. The van der Waals surface area contributed by atoms with E-state index in [1.165, 1.54) is 4.57 Å². The number of aromatic carboxylic acids is 1. The Balaban J connectivity index is 1.64. The molecule has 1 fully saturated rings. The molecule has 1 aromatic heterocycles. The number of rotatable bonds is 5. The molecule has 0 atom stereocenters. The maximum atomic E-state index is 15.5. The van der Waals surface area contributed by atoms with E-state index in [1.807, 2.05) is 24.3 Å². The number of piperazine rings is 1. The Kier molecular flexibility index (Phi) is 5.84. The van der Waals surface area contributed by atoms with Gasteiger partial charge in [-0.3, -0.25) is 9.69 Å². The van der Waals surface area contributed by atoms with E-state index in [-0.39, 0.29) is 23.1 Å². The van der Waals surface area contributed by atoms with Crippen molar-refractivity contribution < 1.29 is 18.7 Å². The zero-order valence-corrected chi connectivity index (χ0v) is 17.6. The van der Waals surface area contributed by atoms with E-state index in [1.54, 1.807) is 11.8 Å². The van der Waals surface area contributed by atoms with E-state index in [2.05, 4.69) is 4.90 Å². The summed E-state index contributed by atoms with van der Waals surface area (Å²) >= 11 is 0. The second-order valence-corrected chi connectivity index (χ2v) is 7.88. The summed E-state index contributed by atoms with van der Waals surface area (Å²) in [6.45, 7) is 4.70. The number of carboxylic acid groups (broad SMARTS) is 1. The molecule has 3 aromatic rings. The SMILES string of the molecule is CCn1cc(C(=O)O)c(=O)c2cc(F)c(N3CCN(Cc4ccc(N)cc4)CC3)c(F)c21. The third-order valence-electron chi connectivity index (χ3n) is 5.88. The summed E-state index contributed by atoms with van der Waals surface area (Å²) in [5.74, 6) is -3.15. The Hall–Kier alpha value is -3.46. The van der Waals surface area contributed by atoms with Crippen LogP contribution in [0.3, 0.4) is 0 Å². The summed E-state index contributed by atoms with van der Waals surface area (Å²) in [7, 11) is 0. The van der Waals surface area contributed by atoms with Crippen molar-refractivity contribution in [3.8, 4) is 0 Å². The number of anilines is 2. The molecule has 0 amide bonds. The van der Waals surface area contributed by atoms with Crippen LogP contribution in [0.1, 0.15) is 22.8 Å². The van der Waals surface area contributed by atoms with Crippen LogP contribution >= 0.6 is 0 Å². The van der Waals surface area contributed by atoms with E-state index < -0.39 is 28.6 Å². The lowest BCUT2D eigenvalue weighted by Crippen LogP contribution is -2.46. The molecule has 9 heteroatoms. The van der Waals surface area contributed by atoms with Gasteiger partial charge in [-0.25, -0.2) is 13.6 Å². The van der Waals surface area contributed by atoms with Crippen LogP contribution in [0.2, 0.25) is 0 Å². The van der Waals surface area contributed by atoms with E-state index in [0.717, 1.165) is 17.8 Å². The molecule has 1 aliphatic heterocycles. The number of halogens is 2. The predicted molar refractivity (Wildman–Crippen MR) is 119 cm³/mol. The molecular formula is C23H24F2N4O3. The number of nitrogens with zero attached hydrogens (tertiary/aromatic N) is 3. The Morgan fingerprint density at radius 2 is 1.78 bits per heavy atom. The minimum atomic E-state index is -1.43. The van der Waals surface area contributed by atoms with Crippen molar-refractivity contribution >= 4 is 28.2 Å². The number of carboxylic acids is 1. The highest BCUT2D eigenvalue weighted by atomic mass is 19.1. The molecular weight excluding hydrogens is 418 g/mol. The highest BCUT2D eigenvalue weighted by Gasteiger charge is 2.27. The molecule has 0 spiro atoms. The van der Waals surface area contributed by atoms with Gasteiger partial charge in [0.05, 0.1) is 10.9 Å². The fourth-order valence-electron chi connectivity index (χ4n) is 4.18. The Morgan fingerprint density at radius 3 is 2.38 bits per heavy atom. The summed E-state index contributed by atoms with van der Waals surface area (Å²) < 4.78 is 31.9. The number of benzene rings is 2. The topological polar surface area (TPSA) is 91.8 Å². The van der Waals surface area contributed by atoms with Gasteiger partial charge in [0.15, 0.2) is 5.82 Å². The van der Waals surface area contributed by atoms with Gasteiger partial charge in [0, 0.05) is 51.2 Å². The molecule has 2 aromatic carbocycles. The van der Waals surface area contributed by atoms with Crippen molar-refractivity contribution in [3.63, 3.8) is 0 Å². The van der Waals surface area contributed by atoms with Gasteiger partial charge in [0.2, 0.25) is 5.43 Å². The zero-order valence-electron chi connectivity index (χ0n) is 17.6. The zero-order chi connectivity index (χ0) is 23.0. The summed E-state index contributed by atoms with van der Waals surface area (Å²) in [5, 5.41) is 9.00. The van der Waals surface area contributed by atoms with Gasteiger partial charge >= 0.3 is 5.97 Å². The first-order valence-corrected chi connectivity index (χ1v) is 10.4. The van der Waals surface area contributed by atoms with Crippen molar-refractivity contribution in [2.45, 2.75) is 20.0 Å². The molecule has 0 aliphatic carbocycles. The number of pyridine rings is 1. The quantitative estimate of drug-likeness (QED) is 0.591. The minimum absolute atomic E-state index is 0.0804. The Labute approximate surface area is 183 Å². The second kappa shape index (κ2) is 8.58. The van der Waals surface area contributed by atoms with Crippen LogP contribution in [0.4, 0.5) is 20.2 Å². The average molecular weight is 442 g/mol. The van der Waals surface area contributed by atoms with Gasteiger partial charge in [-0.15, -0.1) is 0 Å². The third-order valence-corrected chi connectivity index (χ3v) is 5.88. The Morgan fingerprint density at radius 1 is 1.12 bits per heavy atom. The van der Waals surface area contributed by atoms with Crippen LogP contribution in [0.15, 0.2) is 41.3 Å². The molecule has 3 N–H and O–H groups in total. The Bertz CT molecular complexity index is 1230. The second-order valence-electron chi connectivity index (χ2n) is 7.88. The summed E-state index contributed by atoms with van der Waals surface area (Å²) in [4.78, 5) is 27.7. The van der Waals surface area contributed by atoms with Crippen LogP contribution in [0, 0.1) is 11.6 Å². The number of nitrogen functional groups attached to an aromatic ring is 1. The van der Waals surface area contributed by atoms with Crippen LogP contribution in [0.5, 0.6) is 0 Å². The summed E-state index contributed by atoms with van der Waals surface area (Å²) in [5.41, 5.74) is 5.85. The molecule has 4 rings (SSSR count). The molecule has 0 saturated carbocycles. The molecule has 0 unspecified atom stereocenters. The fraction of sp³-hybridized carbons (Fsp3) is 0.304. The molecule has 32 heavy (non-hydrogen) atoms. The molecule has 0 bridgehead atoms. The molecule has 2 heterocycles. The summed E-state index contributed by atoms with van der Waals surface area (Å²) in [6, 6.07) is 8.55. The largest absolute Gasteiger partial charge is 0.477 e. The lowest BCUT2D eigenvalue weighted by atomic mass is 10.1. The van der Waals surface area contributed by atoms with E-state index >= 15 is 4.39 Å². The minimum Gasteiger partial charge on any atom is -0.477 e. The van der Waals surface area contributed by atoms with Gasteiger partial charge in [-0.1, -0.05) is 12.1 Å². The van der Waals surface area contributed by atoms with Crippen molar-refractivity contribution in [3.05, 3.63) is 69.5 Å². The highest BCUT2D eigenvalue weighted by Crippen LogP contribution is 2.31. The molecule has 168 valence electrons. The number of nitrogens with two attached hydrogens (primary N) is 1. The number of hydrogen-bond donors (Lipinski definition) is 2. The number of aromatic nitrogens is 1. The normalized spacial score (nSPS) is 14.8. The lowest BCUT2D eigenvalue weighted by molar-refractivity contribution is 0.0695. The molecule has 1 saturated heterocycles. The average Bonchev–Trinajstić information content (AvgIpc) is 2.77. The standard InChI is InChI=1S/C23H24F2N4O3/c1-2-28-13-17(23(31)32)22(30)16-11-18(24)21(19(25)20(16)28)29-9-7-27(8-10-29)12-14-3-5-15(26)6-4-14/h3-6,11,13H,2,7-10,12,26H2,1H3,(H,31,32). The van der Waals surface area contributed by atoms with Gasteiger partial charge in [-0.2, -0.15) is 0 Å². The van der Waals surface area contributed by atoms with Crippen molar-refractivity contribution in [1.29, 1.82) is 0 Å². The van der Waals surface area contributed by atoms with Crippen LogP contribution < -0.4 is 16.1 Å². The van der Waals surface area contributed by atoms with Gasteiger partial charge in [-0.05, 0) is 30.7 Å². The third kappa shape index (κ3) is 3.91. The van der Waals surface area contributed by atoms with E-state index in [0.29, 0.717) is 38.4 Å². The van der Waals surface area contributed by atoms with Crippen LogP contribution in [-0.4, -0.2) is 46.7 Å². The highest BCUT2D eigenvalue weighted by molar-refractivity contribution is 5.93. The molecule has 0 radical (unpaired) electrons.